The van der Waals surface area contributed by atoms with E-state index in [0.29, 0.717) is 0 Å². The predicted molar refractivity (Wildman–Crippen MR) is 22.9 cm³/mol. The van der Waals surface area contributed by atoms with Crippen molar-refractivity contribution < 1.29 is 123 Å². The van der Waals surface area contributed by atoms with Gasteiger partial charge < -0.3 is 25.1 Å². The average Bonchev–Trinajstić information content (AvgIpc) is 1.63. The van der Waals surface area contributed by atoms with Crippen molar-refractivity contribution in [3.8, 4) is 0 Å². The summed E-state index contributed by atoms with van der Waals surface area (Å²) in [6.07, 6.45) is 0. The van der Waals surface area contributed by atoms with E-state index in [4.69, 9.17) is 0 Å². The maximum Gasteiger partial charge on any atom is 1.00 e. The zero-order valence-electron chi connectivity index (χ0n) is 6.55. The molecule has 0 aliphatic carbocycles. The molecule has 0 aromatic heterocycles. The Morgan fingerprint density at radius 1 is 1.00 bits per heavy atom. The summed E-state index contributed by atoms with van der Waals surface area (Å²) in [6.45, 7) is -0.929. The van der Waals surface area contributed by atoms with Gasteiger partial charge in [-0.3, -0.25) is 0 Å². The Hall–Kier alpha value is 2.17. The second-order valence-electron chi connectivity index (χ2n) is 1.35. The maximum absolute atomic E-state index is 9.59. The summed E-state index contributed by atoms with van der Waals surface area (Å²) in [4.78, 5) is 19.2. The van der Waals surface area contributed by atoms with Crippen molar-refractivity contribution >= 4 is 11.9 Å². The molecule has 0 amide bonds. The van der Waals surface area contributed by atoms with E-state index in [0.717, 1.165) is 0 Å². The van der Waals surface area contributed by atoms with Crippen LogP contribution in [0.25, 0.3) is 0 Å². The largest absolute Gasteiger partial charge is 1.00 e. The summed E-state index contributed by atoms with van der Waals surface area (Å²) in [5.74, 6) is -2.67. The van der Waals surface area contributed by atoms with E-state index in [1.54, 1.807) is 0 Å². The molecule has 0 saturated heterocycles. The number of carbonyl (C=O) groups excluding carboxylic acids is 2. The van der Waals surface area contributed by atoms with Crippen LogP contribution in [-0.4, -0.2) is 25.0 Å². The van der Waals surface area contributed by atoms with Crippen molar-refractivity contribution in [1.29, 1.82) is 0 Å². The first-order valence-electron chi connectivity index (χ1n) is 2.23. The van der Waals surface area contributed by atoms with Crippen LogP contribution in [0.1, 0.15) is 0 Å². The molecule has 0 radical (unpaired) electrons. The van der Waals surface area contributed by atoms with Crippen molar-refractivity contribution in [2.24, 2.45) is 0 Å². The van der Waals surface area contributed by atoms with Crippen molar-refractivity contribution in [2.45, 2.75) is 0 Å². The van der Waals surface area contributed by atoms with Gasteiger partial charge in [-0.1, -0.05) is 0 Å². The molecule has 0 saturated carbocycles. The monoisotopic (exact) mass is 209 g/mol. The second-order valence-corrected chi connectivity index (χ2v) is 1.35. The summed E-state index contributed by atoms with van der Waals surface area (Å²) in [6, 6.07) is 0. The van der Waals surface area contributed by atoms with Crippen LogP contribution >= 0.6 is 0 Å². The minimum atomic E-state index is -1.34. The Bertz CT molecular complexity index is 115. The maximum atomic E-state index is 9.59. The molecule has 0 unspecified atom stereocenters. The number of carboxylic acids is 2. The van der Waals surface area contributed by atoms with E-state index in [-0.39, 0.29) is 103 Å². The first kappa shape index (κ1) is 18.9. The number of nitrogens with one attached hydrogen (secondary N) is 1. The molecule has 52 valence electrons. The SMILES string of the molecule is O=C([O-])CNCC(=O)[O-].[K+].[K+]. The van der Waals surface area contributed by atoms with Crippen LogP contribution in [0.15, 0.2) is 0 Å². The van der Waals surface area contributed by atoms with E-state index in [9.17, 15) is 19.8 Å². The van der Waals surface area contributed by atoms with Crippen molar-refractivity contribution in [2.75, 3.05) is 13.1 Å². The zero-order chi connectivity index (χ0) is 7.28. The molecule has 0 aromatic rings. The summed E-state index contributed by atoms with van der Waals surface area (Å²) in [7, 11) is 0. The van der Waals surface area contributed by atoms with Crippen LogP contribution in [0.4, 0.5) is 0 Å². The van der Waals surface area contributed by atoms with Crippen LogP contribution in [0.2, 0.25) is 0 Å². The minimum Gasteiger partial charge on any atom is -0.549 e. The number of rotatable bonds is 4. The van der Waals surface area contributed by atoms with E-state index >= 15 is 0 Å². The van der Waals surface area contributed by atoms with Gasteiger partial charge in [0.2, 0.25) is 0 Å². The van der Waals surface area contributed by atoms with Gasteiger partial charge in [-0.15, -0.1) is 0 Å². The topological polar surface area (TPSA) is 92.3 Å². The molecule has 7 heteroatoms. The smallest absolute Gasteiger partial charge is 0.549 e. The fourth-order valence-corrected chi connectivity index (χ4v) is 0.267. The number of hydrogen-bond donors (Lipinski definition) is 1. The second kappa shape index (κ2) is 12.2. The molecule has 1 N–H and O–H groups in total. The number of aliphatic carboxylic acids is 2. The number of carboxylic acid groups (broad SMARTS) is 2. The van der Waals surface area contributed by atoms with Gasteiger partial charge in [0, 0.05) is 13.1 Å². The molecule has 0 aliphatic rings. The fourth-order valence-electron chi connectivity index (χ4n) is 0.267. The molecule has 5 nitrogen and oxygen atoms in total. The third kappa shape index (κ3) is 18.9. The van der Waals surface area contributed by atoms with Gasteiger partial charge in [0.25, 0.3) is 0 Å². The first-order chi connectivity index (χ1) is 4.13. The molecule has 0 atom stereocenters. The van der Waals surface area contributed by atoms with Gasteiger partial charge in [0.05, 0.1) is 11.9 Å². The fraction of sp³-hybridized carbons (Fsp3) is 0.500. The van der Waals surface area contributed by atoms with Gasteiger partial charge in [-0.05, 0) is 0 Å². The van der Waals surface area contributed by atoms with Crippen molar-refractivity contribution in [3.63, 3.8) is 0 Å². The quantitative estimate of drug-likeness (QED) is 0.464. The molecule has 0 heterocycles. The minimum absolute atomic E-state index is 0. The zero-order valence-corrected chi connectivity index (χ0v) is 12.8. The molecule has 11 heavy (non-hydrogen) atoms. The number of hydrogen-bond acceptors (Lipinski definition) is 5. The predicted octanol–water partition coefficient (Wildman–Crippen LogP) is -9.92. The molecule has 0 aromatic carbocycles. The Morgan fingerprint density at radius 2 is 1.27 bits per heavy atom. The Kier molecular flexibility index (Phi) is 20.9. The van der Waals surface area contributed by atoms with E-state index in [1.165, 1.54) is 0 Å². The molecular formula is C4H5K2NO4. The molecule has 0 bridgehead atoms. The van der Waals surface area contributed by atoms with Crippen molar-refractivity contribution in [3.05, 3.63) is 0 Å². The molecular weight excluding hydrogens is 204 g/mol. The number of carbonyl (C=O) groups is 2. The van der Waals surface area contributed by atoms with Crippen LogP contribution in [0.5, 0.6) is 0 Å². The Morgan fingerprint density at radius 3 is 1.45 bits per heavy atom. The van der Waals surface area contributed by atoms with Gasteiger partial charge in [-0.2, -0.15) is 0 Å². The van der Waals surface area contributed by atoms with Crippen LogP contribution in [0.3, 0.4) is 0 Å². The van der Waals surface area contributed by atoms with Gasteiger partial charge in [0.1, 0.15) is 0 Å². The summed E-state index contributed by atoms with van der Waals surface area (Å²) >= 11 is 0. The van der Waals surface area contributed by atoms with Gasteiger partial charge in [0.15, 0.2) is 0 Å². The summed E-state index contributed by atoms with van der Waals surface area (Å²) in [5, 5.41) is 21.2. The van der Waals surface area contributed by atoms with Crippen molar-refractivity contribution in [1.82, 2.24) is 5.32 Å². The van der Waals surface area contributed by atoms with Gasteiger partial charge in [-0.25, -0.2) is 0 Å². The summed E-state index contributed by atoms with van der Waals surface area (Å²) in [5.41, 5.74) is 0. The first-order valence-corrected chi connectivity index (χ1v) is 2.23. The molecule has 0 spiro atoms. The van der Waals surface area contributed by atoms with Crippen LogP contribution in [0, 0.1) is 0 Å². The van der Waals surface area contributed by atoms with Crippen LogP contribution < -0.4 is 118 Å². The third-order valence-electron chi connectivity index (χ3n) is 0.539. The normalized spacial score (nSPS) is 7.27. The van der Waals surface area contributed by atoms with Gasteiger partial charge >= 0.3 is 103 Å². The molecule has 0 aliphatic heterocycles. The Balaban J connectivity index is -0.000000320. The van der Waals surface area contributed by atoms with E-state index < -0.39 is 25.0 Å². The standard InChI is InChI=1S/C4H7NO4.2K/c6-3(7)1-5-2-4(8)9;;/h5H,1-2H2,(H,6,7)(H,8,9);;/q;2*+1/p-2. The Labute approximate surface area is 149 Å². The molecule has 0 fully saturated rings. The van der Waals surface area contributed by atoms with Crippen LogP contribution in [-0.2, 0) is 9.59 Å². The summed E-state index contributed by atoms with van der Waals surface area (Å²) < 4.78 is 0. The third-order valence-corrected chi connectivity index (χ3v) is 0.539. The average molecular weight is 209 g/mol. The molecule has 0 rings (SSSR count). The van der Waals surface area contributed by atoms with E-state index in [2.05, 4.69) is 5.32 Å². The van der Waals surface area contributed by atoms with E-state index in [1.807, 2.05) is 0 Å².